The summed E-state index contributed by atoms with van der Waals surface area (Å²) in [5, 5.41) is 8.41. The Labute approximate surface area is 330 Å². The minimum absolute atomic E-state index is 0.0335. The summed E-state index contributed by atoms with van der Waals surface area (Å²) in [6.07, 6.45) is 4.58. The molecule has 0 radical (unpaired) electrons. The normalized spacial score (nSPS) is 26.6. The molecule has 4 fully saturated rings. The molecule has 57 heavy (non-hydrogen) atoms. The lowest BCUT2D eigenvalue weighted by atomic mass is 9.99. The molecule has 7 rings (SSSR count). The van der Waals surface area contributed by atoms with Crippen molar-refractivity contribution in [3.8, 4) is 0 Å². The lowest BCUT2D eigenvalue weighted by Crippen LogP contribution is -2.62. The first-order chi connectivity index (χ1) is 27.5. The zero-order valence-corrected chi connectivity index (χ0v) is 32.3. The van der Waals surface area contributed by atoms with E-state index in [0.29, 0.717) is 50.6 Å². The maximum atomic E-state index is 14.5. The van der Waals surface area contributed by atoms with Crippen LogP contribution in [0, 0.1) is 5.92 Å². The number of fused-ring (bicyclic) bond motifs is 4. The summed E-state index contributed by atoms with van der Waals surface area (Å²) in [6.45, 7) is 3.69. The molecule has 302 valence electrons. The van der Waals surface area contributed by atoms with E-state index in [4.69, 9.17) is 4.74 Å². The number of nitrogens with zero attached hydrogens (tertiary/aromatic N) is 4. The Bertz CT molecular complexity index is 2020. The van der Waals surface area contributed by atoms with E-state index in [0.717, 1.165) is 16.6 Å². The van der Waals surface area contributed by atoms with Crippen LogP contribution in [0.5, 0.6) is 0 Å². The van der Waals surface area contributed by atoms with Gasteiger partial charge in [-0.25, -0.2) is 9.78 Å². The van der Waals surface area contributed by atoms with Gasteiger partial charge in [-0.3, -0.25) is 28.8 Å². The fourth-order valence-electron chi connectivity index (χ4n) is 8.57. The van der Waals surface area contributed by atoms with Crippen LogP contribution in [-0.4, -0.2) is 129 Å². The molecule has 4 aliphatic heterocycles. The molecule has 4 N–H and O–H groups in total. The number of carbonyl (C=O) groups is 7. The van der Waals surface area contributed by atoms with Gasteiger partial charge in [-0.15, -0.1) is 0 Å². The number of carbonyl (C=O) groups excluding carboxylic acids is 7. The number of esters is 1. The SMILES string of the molecule is C[C@H]1C[C@H]2C(=O)OC[C@H](NC(=O)[C@H](Cc3ccccc3)NC(=O)Cc3ccc4nc[nH]c4c3)C(=O)N3CCC[C@H]3C(=O)N3CCCC[C@H]3C(=O)N[C@@H](C)C(=O)N2C1. The zero-order chi connectivity index (χ0) is 40.2. The maximum Gasteiger partial charge on any atom is 0.328 e. The number of hydrogen-bond donors (Lipinski definition) is 4. The predicted molar refractivity (Wildman–Crippen MR) is 206 cm³/mol. The number of cyclic esters (lactones) is 1. The van der Waals surface area contributed by atoms with Crippen LogP contribution in [0.15, 0.2) is 54.9 Å². The minimum atomic E-state index is -1.43. The molecule has 1 aromatic heterocycles. The predicted octanol–water partition coefficient (Wildman–Crippen LogP) is 0.988. The minimum Gasteiger partial charge on any atom is -0.461 e. The molecule has 16 heteroatoms. The van der Waals surface area contributed by atoms with Crippen LogP contribution in [0.1, 0.15) is 63.5 Å². The molecule has 4 saturated heterocycles. The molecule has 3 aromatic rings. The highest BCUT2D eigenvalue weighted by Gasteiger charge is 2.46. The van der Waals surface area contributed by atoms with E-state index in [9.17, 15) is 33.6 Å². The van der Waals surface area contributed by atoms with Gasteiger partial charge in [0.05, 0.1) is 23.8 Å². The second-order valence-corrected chi connectivity index (χ2v) is 15.7. The highest BCUT2D eigenvalue weighted by Crippen LogP contribution is 2.28. The van der Waals surface area contributed by atoms with E-state index in [-0.39, 0.29) is 37.8 Å². The van der Waals surface area contributed by atoms with Gasteiger partial charge in [0.15, 0.2) is 0 Å². The highest BCUT2D eigenvalue weighted by molar-refractivity contribution is 5.98. The molecule has 0 saturated carbocycles. The molecule has 6 amide bonds. The molecule has 4 aliphatic rings. The Balaban J connectivity index is 1.17. The largest absolute Gasteiger partial charge is 0.461 e. The second-order valence-electron chi connectivity index (χ2n) is 15.7. The van der Waals surface area contributed by atoms with Crippen molar-refractivity contribution >= 4 is 52.4 Å². The average molecular weight is 783 g/mol. The summed E-state index contributed by atoms with van der Waals surface area (Å²) in [5.74, 6) is -3.84. The van der Waals surface area contributed by atoms with Gasteiger partial charge in [-0.05, 0) is 74.6 Å². The lowest BCUT2D eigenvalue weighted by Gasteiger charge is -2.39. The number of imidazole rings is 1. The van der Waals surface area contributed by atoms with Crippen molar-refractivity contribution < 1.29 is 38.3 Å². The molecular weight excluding hydrogens is 732 g/mol. The Kier molecular flexibility index (Phi) is 11.9. The monoisotopic (exact) mass is 782 g/mol. The molecule has 0 aliphatic carbocycles. The number of rotatable bonds is 7. The third-order valence-corrected chi connectivity index (χ3v) is 11.5. The summed E-state index contributed by atoms with van der Waals surface area (Å²) in [5.41, 5.74) is 2.97. The van der Waals surface area contributed by atoms with E-state index in [2.05, 4.69) is 25.9 Å². The number of amides is 6. The molecule has 5 heterocycles. The standard InChI is InChI=1S/C41H50N8O8/c1-24-17-34-41(56)57-22-31(46-36(51)30(18-26-9-4-3-5-10-26)45-35(50)20-27-13-14-28-29(19-27)43-23-42-28)39(54)48-16-8-12-33(48)40(55)47-15-7-6-11-32(47)37(52)44-25(2)38(53)49(34)21-24/h3-5,9-10,13-14,19,23-25,30-34H,6-8,11-12,15-18,20-22H2,1-2H3,(H,42,43)(H,44,52)(H,45,50)(H,46,51)/t24-,25-,30-,31-,32-,33-,34-/m0/s1. The van der Waals surface area contributed by atoms with Gasteiger partial charge >= 0.3 is 5.97 Å². The molecule has 2 aromatic carbocycles. The third kappa shape index (κ3) is 8.79. The topological polar surface area (TPSA) is 203 Å². The van der Waals surface area contributed by atoms with E-state index >= 15 is 0 Å². The third-order valence-electron chi connectivity index (χ3n) is 11.5. The number of aromatic amines is 1. The molecule has 0 spiro atoms. The van der Waals surface area contributed by atoms with Gasteiger partial charge in [0, 0.05) is 26.1 Å². The first-order valence-corrected chi connectivity index (χ1v) is 19.9. The number of hydrogen-bond acceptors (Lipinski definition) is 9. The van der Waals surface area contributed by atoms with Crippen LogP contribution in [0.2, 0.25) is 0 Å². The molecule has 0 unspecified atom stereocenters. The van der Waals surface area contributed by atoms with E-state index < -0.39 is 78.4 Å². The first-order valence-electron chi connectivity index (χ1n) is 19.9. The van der Waals surface area contributed by atoms with Crippen molar-refractivity contribution in [1.82, 2.24) is 40.6 Å². The molecule has 16 nitrogen and oxygen atoms in total. The van der Waals surface area contributed by atoms with Gasteiger partial charge < -0.3 is 40.4 Å². The Morgan fingerprint density at radius 1 is 0.860 bits per heavy atom. The summed E-state index contributed by atoms with van der Waals surface area (Å²) in [4.78, 5) is 109. The summed E-state index contributed by atoms with van der Waals surface area (Å²) < 4.78 is 5.77. The number of piperidine rings is 1. The quantitative estimate of drug-likeness (QED) is 0.252. The maximum absolute atomic E-state index is 14.5. The smallest absolute Gasteiger partial charge is 0.328 e. The van der Waals surface area contributed by atoms with Crippen LogP contribution in [0.4, 0.5) is 0 Å². The first kappa shape index (κ1) is 39.4. The molecular formula is C41H50N8O8. The van der Waals surface area contributed by atoms with Crippen molar-refractivity contribution in [3.05, 3.63) is 66.0 Å². The second kappa shape index (κ2) is 17.1. The highest BCUT2D eigenvalue weighted by atomic mass is 16.5. The van der Waals surface area contributed by atoms with Crippen molar-refractivity contribution in [3.63, 3.8) is 0 Å². The van der Waals surface area contributed by atoms with E-state index in [1.807, 2.05) is 43.3 Å². The summed E-state index contributed by atoms with van der Waals surface area (Å²) in [7, 11) is 0. The number of aromatic nitrogens is 2. The summed E-state index contributed by atoms with van der Waals surface area (Å²) in [6, 6.07) is 8.27. The van der Waals surface area contributed by atoms with E-state index in [1.165, 1.54) is 14.7 Å². The number of benzene rings is 2. The van der Waals surface area contributed by atoms with Crippen LogP contribution >= 0.6 is 0 Å². The van der Waals surface area contributed by atoms with Crippen LogP contribution in [0.25, 0.3) is 11.0 Å². The van der Waals surface area contributed by atoms with Crippen molar-refractivity contribution in [2.45, 2.75) is 101 Å². The van der Waals surface area contributed by atoms with Crippen molar-refractivity contribution in [2.75, 3.05) is 26.2 Å². The Hall–Kier alpha value is -5.80. The van der Waals surface area contributed by atoms with Crippen LogP contribution < -0.4 is 16.0 Å². The Morgan fingerprint density at radius 3 is 2.42 bits per heavy atom. The Morgan fingerprint density at radius 2 is 1.61 bits per heavy atom. The van der Waals surface area contributed by atoms with Crippen molar-refractivity contribution in [2.24, 2.45) is 5.92 Å². The molecule has 7 atom stereocenters. The zero-order valence-electron chi connectivity index (χ0n) is 32.3. The number of ether oxygens (including phenoxy) is 1. The van der Waals surface area contributed by atoms with Gasteiger partial charge in [-0.2, -0.15) is 0 Å². The van der Waals surface area contributed by atoms with Gasteiger partial charge in [0.25, 0.3) is 0 Å². The number of nitrogens with one attached hydrogen (secondary N) is 4. The van der Waals surface area contributed by atoms with Gasteiger partial charge in [0.1, 0.15) is 42.9 Å². The van der Waals surface area contributed by atoms with Gasteiger partial charge in [-0.1, -0.05) is 43.3 Å². The fourth-order valence-corrected chi connectivity index (χ4v) is 8.57. The fraction of sp³-hybridized carbons (Fsp3) is 0.512. The van der Waals surface area contributed by atoms with Crippen molar-refractivity contribution in [1.29, 1.82) is 0 Å². The lowest BCUT2D eigenvalue weighted by molar-refractivity contribution is -0.158. The van der Waals surface area contributed by atoms with Crippen LogP contribution in [-0.2, 0) is 51.1 Å². The van der Waals surface area contributed by atoms with E-state index in [1.54, 1.807) is 25.4 Å². The van der Waals surface area contributed by atoms with Gasteiger partial charge in [0.2, 0.25) is 35.4 Å². The number of H-pyrrole nitrogens is 1. The average Bonchev–Trinajstić information content (AvgIpc) is 3.98. The summed E-state index contributed by atoms with van der Waals surface area (Å²) >= 11 is 0. The molecule has 0 bridgehead atoms. The van der Waals surface area contributed by atoms with Crippen LogP contribution in [0.3, 0.4) is 0 Å².